The van der Waals surface area contributed by atoms with E-state index in [1.54, 1.807) is 11.3 Å². The van der Waals surface area contributed by atoms with Gasteiger partial charge in [-0.15, -0.1) is 11.3 Å². The SMILES string of the molecule is Cc1ccc(Nc2nc(-c3ccc(Br)cc3)c(C)s2)cc1Cl. The van der Waals surface area contributed by atoms with Crippen molar-refractivity contribution < 1.29 is 0 Å². The lowest BCUT2D eigenvalue weighted by atomic mass is 10.1. The molecule has 0 radical (unpaired) electrons. The molecule has 2 aromatic carbocycles. The minimum atomic E-state index is 0.756. The van der Waals surface area contributed by atoms with Crippen molar-refractivity contribution in [2.75, 3.05) is 5.32 Å². The van der Waals surface area contributed by atoms with Gasteiger partial charge in [0.15, 0.2) is 5.13 Å². The molecule has 0 amide bonds. The standard InChI is InChI=1S/C17H14BrClN2S/c1-10-3-8-14(9-15(10)19)20-17-21-16(11(2)22-17)12-4-6-13(18)7-5-12/h3-9H,1-2H3,(H,20,21). The van der Waals surface area contributed by atoms with Gasteiger partial charge in [-0.3, -0.25) is 0 Å². The second kappa shape index (κ2) is 6.41. The number of aromatic nitrogens is 1. The van der Waals surface area contributed by atoms with E-state index in [4.69, 9.17) is 16.6 Å². The summed E-state index contributed by atoms with van der Waals surface area (Å²) < 4.78 is 1.07. The van der Waals surface area contributed by atoms with E-state index in [0.717, 1.165) is 37.1 Å². The van der Waals surface area contributed by atoms with Crippen molar-refractivity contribution in [3.05, 3.63) is 62.4 Å². The molecule has 22 heavy (non-hydrogen) atoms. The molecule has 1 aromatic heterocycles. The molecule has 3 aromatic rings. The Morgan fingerprint density at radius 3 is 2.50 bits per heavy atom. The van der Waals surface area contributed by atoms with Gasteiger partial charge in [-0.1, -0.05) is 45.7 Å². The van der Waals surface area contributed by atoms with Crippen LogP contribution in [0.2, 0.25) is 5.02 Å². The minimum absolute atomic E-state index is 0.756. The number of nitrogens with one attached hydrogen (secondary N) is 1. The van der Waals surface area contributed by atoms with Crippen LogP contribution in [0.25, 0.3) is 11.3 Å². The first kappa shape index (κ1) is 15.5. The van der Waals surface area contributed by atoms with Crippen LogP contribution in [0.4, 0.5) is 10.8 Å². The molecule has 3 rings (SSSR count). The van der Waals surface area contributed by atoms with Crippen LogP contribution in [0.1, 0.15) is 10.4 Å². The highest BCUT2D eigenvalue weighted by Gasteiger charge is 2.10. The molecule has 1 N–H and O–H groups in total. The first-order valence-corrected chi connectivity index (χ1v) is 8.78. The zero-order chi connectivity index (χ0) is 15.7. The summed E-state index contributed by atoms with van der Waals surface area (Å²) in [6.45, 7) is 4.08. The Morgan fingerprint density at radius 1 is 1.09 bits per heavy atom. The summed E-state index contributed by atoms with van der Waals surface area (Å²) in [5.74, 6) is 0. The lowest BCUT2D eigenvalue weighted by Crippen LogP contribution is -1.90. The average molecular weight is 394 g/mol. The fourth-order valence-electron chi connectivity index (χ4n) is 2.12. The van der Waals surface area contributed by atoms with Crippen molar-refractivity contribution in [3.8, 4) is 11.3 Å². The molecule has 0 bridgehead atoms. The van der Waals surface area contributed by atoms with Crippen molar-refractivity contribution in [1.29, 1.82) is 0 Å². The highest BCUT2D eigenvalue weighted by molar-refractivity contribution is 9.10. The number of aryl methyl sites for hydroxylation is 2. The predicted molar refractivity (Wildman–Crippen MR) is 99.5 cm³/mol. The van der Waals surface area contributed by atoms with Gasteiger partial charge in [0.1, 0.15) is 0 Å². The molecule has 0 saturated heterocycles. The summed E-state index contributed by atoms with van der Waals surface area (Å²) in [4.78, 5) is 5.89. The van der Waals surface area contributed by atoms with E-state index in [0.29, 0.717) is 0 Å². The summed E-state index contributed by atoms with van der Waals surface area (Å²) in [6.07, 6.45) is 0. The zero-order valence-corrected chi connectivity index (χ0v) is 15.3. The number of nitrogens with zero attached hydrogens (tertiary/aromatic N) is 1. The number of hydrogen-bond donors (Lipinski definition) is 1. The lowest BCUT2D eigenvalue weighted by molar-refractivity contribution is 1.35. The van der Waals surface area contributed by atoms with Crippen LogP contribution >= 0.6 is 38.9 Å². The number of halogens is 2. The van der Waals surface area contributed by atoms with Crippen LogP contribution in [-0.2, 0) is 0 Å². The molecule has 5 heteroatoms. The molecular weight excluding hydrogens is 380 g/mol. The monoisotopic (exact) mass is 392 g/mol. The Morgan fingerprint density at radius 2 is 1.82 bits per heavy atom. The quantitative estimate of drug-likeness (QED) is 0.543. The zero-order valence-electron chi connectivity index (χ0n) is 12.2. The van der Waals surface area contributed by atoms with Crippen molar-refractivity contribution in [2.24, 2.45) is 0 Å². The van der Waals surface area contributed by atoms with Gasteiger partial charge in [0.2, 0.25) is 0 Å². The highest BCUT2D eigenvalue weighted by atomic mass is 79.9. The van der Waals surface area contributed by atoms with Crippen molar-refractivity contribution >= 4 is 49.7 Å². The number of benzene rings is 2. The minimum Gasteiger partial charge on any atom is -0.331 e. The Balaban J connectivity index is 1.88. The number of rotatable bonds is 3. The van der Waals surface area contributed by atoms with Crippen LogP contribution in [0.5, 0.6) is 0 Å². The molecular formula is C17H14BrClN2S. The van der Waals surface area contributed by atoms with E-state index in [1.807, 2.05) is 37.3 Å². The molecule has 0 aliphatic rings. The maximum absolute atomic E-state index is 6.17. The van der Waals surface area contributed by atoms with Gasteiger partial charge in [-0.05, 0) is 43.7 Å². The Bertz CT molecular complexity index is 812. The third kappa shape index (κ3) is 3.35. The molecule has 0 aliphatic carbocycles. The van der Waals surface area contributed by atoms with Crippen LogP contribution in [0.3, 0.4) is 0 Å². The number of hydrogen-bond acceptors (Lipinski definition) is 3. The molecule has 1 heterocycles. The number of thiazole rings is 1. The summed E-state index contributed by atoms with van der Waals surface area (Å²) >= 11 is 11.3. The molecule has 0 aliphatic heterocycles. The summed E-state index contributed by atoms with van der Waals surface area (Å²) in [5.41, 5.74) is 4.15. The van der Waals surface area contributed by atoms with E-state index >= 15 is 0 Å². The van der Waals surface area contributed by atoms with E-state index in [1.165, 1.54) is 4.88 Å². The first-order valence-electron chi connectivity index (χ1n) is 6.79. The van der Waals surface area contributed by atoms with E-state index in [2.05, 4.69) is 40.3 Å². The highest BCUT2D eigenvalue weighted by Crippen LogP contribution is 2.33. The van der Waals surface area contributed by atoms with Crippen LogP contribution in [0.15, 0.2) is 46.9 Å². The molecule has 0 fully saturated rings. The Labute approximate surface area is 147 Å². The topological polar surface area (TPSA) is 24.9 Å². The maximum Gasteiger partial charge on any atom is 0.187 e. The van der Waals surface area contributed by atoms with E-state index in [-0.39, 0.29) is 0 Å². The molecule has 0 spiro atoms. The third-order valence-corrected chi connectivity index (χ3v) is 5.16. The van der Waals surface area contributed by atoms with Gasteiger partial charge in [0, 0.05) is 25.6 Å². The Kier molecular flexibility index (Phi) is 4.52. The largest absolute Gasteiger partial charge is 0.331 e. The molecule has 2 nitrogen and oxygen atoms in total. The smallest absolute Gasteiger partial charge is 0.187 e. The van der Waals surface area contributed by atoms with Crippen LogP contribution in [0, 0.1) is 13.8 Å². The molecule has 112 valence electrons. The summed E-state index contributed by atoms with van der Waals surface area (Å²) in [5, 5.41) is 4.95. The van der Waals surface area contributed by atoms with Crippen LogP contribution < -0.4 is 5.32 Å². The van der Waals surface area contributed by atoms with Gasteiger partial charge in [-0.25, -0.2) is 4.98 Å². The van der Waals surface area contributed by atoms with Gasteiger partial charge >= 0.3 is 0 Å². The Hall–Kier alpha value is -1.36. The van der Waals surface area contributed by atoms with Crippen molar-refractivity contribution in [3.63, 3.8) is 0 Å². The van der Waals surface area contributed by atoms with Gasteiger partial charge in [0.25, 0.3) is 0 Å². The summed E-state index contributed by atoms with van der Waals surface area (Å²) in [6, 6.07) is 14.1. The maximum atomic E-state index is 6.17. The number of anilines is 2. The van der Waals surface area contributed by atoms with Crippen molar-refractivity contribution in [2.45, 2.75) is 13.8 Å². The summed E-state index contributed by atoms with van der Waals surface area (Å²) in [7, 11) is 0. The van der Waals surface area contributed by atoms with E-state index < -0.39 is 0 Å². The van der Waals surface area contributed by atoms with Crippen molar-refractivity contribution in [1.82, 2.24) is 4.98 Å². The fraction of sp³-hybridized carbons (Fsp3) is 0.118. The van der Waals surface area contributed by atoms with Crippen LogP contribution in [-0.4, -0.2) is 4.98 Å². The normalized spacial score (nSPS) is 10.7. The first-order chi connectivity index (χ1) is 10.5. The molecule has 0 unspecified atom stereocenters. The molecule has 0 saturated carbocycles. The second-order valence-electron chi connectivity index (χ2n) is 5.02. The van der Waals surface area contributed by atoms with Gasteiger partial charge in [-0.2, -0.15) is 0 Å². The fourth-order valence-corrected chi connectivity index (χ4v) is 3.42. The van der Waals surface area contributed by atoms with Gasteiger partial charge in [0.05, 0.1) is 5.69 Å². The molecule has 0 atom stereocenters. The third-order valence-electron chi connectivity index (χ3n) is 3.34. The average Bonchev–Trinajstić information content (AvgIpc) is 2.84. The second-order valence-corrected chi connectivity index (χ2v) is 7.55. The van der Waals surface area contributed by atoms with E-state index in [9.17, 15) is 0 Å². The predicted octanol–water partition coefficient (Wildman–Crippen LogP) is 6.59. The van der Waals surface area contributed by atoms with Gasteiger partial charge < -0.3 is 5.32 Å². The lowest BCUT2D eigenvalue weighted by Gasteiger charge is -2.04.